The molecular weight excluding hydrogens is 292 g/mol. The SMILES string of the molecule is CCN1CCC(Cc2nc3cccnc3n2-c2cccs2)C1. The summed E-state index contributed by atoms with van der Waals surface area (Å²) in [5, 5.41) is 3.32. The van der Waals surface area contributed by atoms with E-state index >= 15 is 0 Å². The summed E-state index contributed by atoms with van der Waals surface area (Å²) in [6.07, 6.45) is 4.16. The summed E-state index contributed by atoms with van der Waals surface area (Å²) in [7, 11) is 0. The van der Waals surface area contributed by atoms with Gasteiger partial charge in [-0.3, -0.25) is 4.57 Å². The Morgan fingerprint density at radius 2 is 2.27 bits per heavy atom. The van der Waals surface area contributed by atoms with Crippen LogP contribution in [0.2, 0.25) is 0 Å². The van der Waals surface area contributed by atoms with Crippen molar-refractivity contribution in [3.63, 3.8) is 0 Å². The maximum absolute atomic E-state index is 4.87. The molecule has 0 spiro atoms. The van der Waals surface area contributed by atoms with Crippen LogP contribution >= 0.6 is 11.3 Å². The number of rotatable bonds is 4. The Labute approximate surface area is 134 Å². The molecule has 1 aliphatic heterocycles. The molecule has 3 aromatic heterocycles. The number of aromatic nitrogens is 3. The predicted octanol–water partition coefficient (Wildman–Crippen LogP) is 3.37. The van der Waals surface area contributed by atoms with Crippen LogP contribution in [0.15, 0.2) is 35.8 Å². The van der Waals surface area contributed by atoms with Gasteiger partial charge in [-0.25, -0.2) is 9.97 Å². The van der Waals surface area contributed by atoms with Gasteiger partial charge in [0.05, 0.1) is 0 Å². The van der Waals surface area contributed by atoms with Crippen molar-refractivity contribution in [3.8, 4) is 5.00 Å². The fourth-order valence-electron chi connectivity index (χ4n) is 3.35. The molecule has 0 saturated carbocycles. The molecule has 1 fully saturated rings. The topological polar surface area (TPSA) is 34.0 Å². The highest BCUT2D eigenvalue weighted by atomic mass is 32.1. The minimum Gasteiger partial charge on any atom is -0.303 e. The van der Waals surface area contributed by atoms with Crippen molar-refractivity contribution in [2.45, 2.75) is 19.8 Å². The monoisotopic (exact) mass is 312 g/mol. The van der Waals surface area contributed by atoms with E-state index in [-0.39, 0.29) is 0 Å². The molecule has 1 unspecified atom stereocenters. The van der Waals surface area contributed by atoms with E-state index in [1.54, 1.807) is 11.3 Å². The van der Waals surface area contributed by atoms with Crippen molar-refractivity contribution in [1.29, 1.82) is 0 Å². The minimum absolute atomic E-state index is 0.704. The van der Waals surface area contributed by atoms with Gasteiger partial charge in [0.25, 0.3) is 0 Å². The normalized spacial score (nSPS) is 19.2. The number of thiophene rings is 1. The zero-order valence-electron chi connectivity index (χ0n) is 12.8. The first-order valence-corrected chi connectivity index (χ1v) is 8.81. The van der Waals surface area contributed by atoms with Crippen LogP contribution < -0.4 is 0 Å². The molecule has 4 rings (SSSR count). The number of likely N-dealkylation sites (tertiary alicyclic amines) is 1. The highest BCUT2D eigenvalue weighted by molar-refractivity contribution is 7.12. The fraction of sp³-hybridized carbons (Fsp3) is 0.412. The van der Waals surface area contributed by atoms with Crippen LogP contribution in [0.3, 0.4) is 0 Å². The average Bonchev–Trinajstić information content (AvgIpc) is 3.25. The molecule has 22 heavy (non-hydrogen) atoms. The first kappa shape index (κ1) is 13.9. The predicted molar refractivity (Wildman–Crippen MR) is 90.7 cm³/mol. The number of hydrogen-bond donors (Lipinski definition) is 0. The van der Waals surface area contributed by atoms with E-state index in [2.05, 4.69) is 45.0 Å². The third-order valence-corrected chi connectivity index (χ3v) is 5.35. The number of imidazole rings is 1. The molecule has 4 nitrogen and oxygen atoms in total. The smallest absolute Gasteiger partial charge is 0.165 e. The fourth-order valence-corrected chi connectivity index (χ4v) is 4.10. The van der Waals surface area contributed by atoms with E-state index in [1.807, 2.05) is 12.3 Å². The lowest BCUT2D eigenvalue weighted by Gasteiger charge is -2.13. The Balaban J connectivity index is 1.72. The van der Waals surface area contributed by atoms with Gasteiger partial charge in [0.2, 0.25) is 0 Å². The van der Waals surface area contributed by atoms with E-state index in [0.717, 1.165) is 30.0 Å². The molecule has 1 atom stereocenters. The van der Waals surface area contributed by atoms with Gasteiger partial charge in [-0.15, -0.1) is 11.3 Å². The number of nitrogens with zero attached hydrogens (tertiary/aromatic N) is 4. The van der Waals surface area contributed by atoms with Crippen LogP contribution in [0.1, 0.15) is 19.2 Å². The molecule has 0 bridgehead atoms. The Bertz CT molecular complexity index is 762. The Hall–Kier alpha value is -1.72. The number of pyridine rings is 1. The zero-order valence-corrected chi connectivity index (χ0v) is 13.6. The molecule has 0 aromatic carbocycles. The van der Waals surface area contributed by atoms with E-state index in [9.17, 15) is 0 Å². The Kier molecular flexibility index (Phi) is 3.68. The van der Waals surface area contributed by atoms with Gasteiger partial charge in [0, 0.05) is 19.2 Å². The average molecular weight is 312 g/mol. The van der Waals surface area contributed by atoms with Gasteiger partial charge in [0.15, 0.2) is 5.65 Å². The molecule has 0 aliphatic carbocycles. The maximum Gasteiger partial charge on any atom is 0.165 e. The van der Waals surface area contributed by atoms with Crippen molar-refractivity contribution in [1.82, 2.24) is 19.4 Å². The molecule has 0 amide bonds. The molecule has 0 radical (unpaired) electrons. The lowest BCUT2D eigenvalue weighted by molar-refractivity contribution is 0.340. The van der Waals surface area contributed by atoms with Crippen molar-refractivity contribution < 1.29 is 0 Å². The second kappa shape index (κ2) is 5.82. The molecular formula is C17H20N4S. The molecule has 1 aliphatic rings. The van der Waals surface area contributed by atoms with Crippen molar-refractivity contribution in [2.24, 2.45) is 5.92 Å². The van der Waals surface area contributed by atoms with Crippen LogP contribution in [-0.2, 0) is 6.42 Å². The molecule has 1 saturated heterocycles. The number of fused-ring (bicyclic) bond motifs is 1. The zero-order chi connectivity index (χ0) is 14.9. The van der Waals surface area contributed by atoms with Crippen LogP contribution in [0.4, 0.5) is 0 Å². The Morgan fingerprint density at radius 3 is 3.05 bits per heavy atom. The second-order valence-electron chi connectivity index (χ2n) is 5.91. The third kappa shape index (κ3) is 2.44. The Morgan fingerprint density at radius 1 is 1.32 bits per heavy atom. The molecule has 5 heteroatoms. The van der Waals surface area contributed by atoms with Crippen LogP contribution in [0.25, 0.3) is 16.2 Å². The minimum atomic E-state index is 0.704. The third-order valence-electron chi connectivity index (χ3n) is 4.50. The van der Waals surface area contributed by atoms with Crippen LogP contribution in [-0.4, -0.2) is 39.1 Å². The molecule has 3 aromatic rings. The van der Waals surface area contributed by atoms with Gasteiger partial charge < -0.3 is 4.90 Å². The van der Waals surface area contributed by atoms with E-state index in [1.165, 1.54) is 24.5 Å². The van der Waals surface area contributed by atoms with Gasteiger partial charge in [0.1, 0.15) is 16.3 Å². The van der Waals surface area contributed by atoms with Crippen molar-refractivity contribution >= 4 is 22.5 Å². The van der Waals surface area contributed by atoms with E-state index in [4.69, 9.17) is 4.98 Å². The highest BCUT2D eigenvalue weighted by Gasteiger charge is 2.24. The van der Waals surface area contributed by atoms with Gasteiger partial charge >= 0.3 is 0 Å². The first-order valence-electron chi connectivity index (χ1n) is 7.93. The van der Waals surface area contributed by atoms with Gasteiger partial charge in [-0.2, -0.15) is 0 Å². The van der Waals surface area contributed by atoms with Crippen LogP contribution in [0, 0.1) is 5.92 Å². The lowest BCUT2D eigenvalue weighted by atomic mass is 10.0. The van der Waals surface area contributed by atoms with Gasteiger partial charge in [-0.1, -0.05) is 6.92 Å². The van der Waals surface area contributed by atoms with E-state index in [0.29, 0.717) is 5.92 Å². The summed E-state index contributed by atoms with van der Waals surface area (Å²) in [4.78, 5) is 12.0. The standard InChI is InChI=1S/C17H20N4S/c1-2-20-9-7-13(12-20)11-15-19-14-5-3-8-18-17(14)21(15)16-6-4-10-22-16/h3-6,8,10,13H,2,7,9,11-12H2,1H3. The van der Waals surface area contributed by atoms with Gasteiger partial charge in [-0.05, 0) is 55.1 Å². The summed E-state index contributed by atoms with van der Waals surface area (Å²) in [6.45, 7) is 5.81. The summed E-state index contributed by atoms with van der Waals surface area (Å²) in [5.74, 6) is 1.86. The largest absolute Gasteiger partial charge is 0.303 e. The van der Waals surface area contributed by atoms with Crippen LogP contribution in [0.5, 0.6) is 0 Å². The summed E-state index contributed by atoms with van der Waals surface area (Å²) in [6, 6.07) is 8.26. The summed E-state index contributed by atoms with van der Waals surface area (Å²) >= 11 is 1.75. The van der Waals surface area contributed by atoms with Crippen molar-refractivity contribution in [3.05, 3.63) is 41.7 Å². The number of hydrogen-bond acceptors (Lipinski definition) is 4. The molecule has 114 valence electrons. The summed E-state index contributed by atoms with van der Waals surface area (Å²) in [5.41, 5.74) is 1.97. The maximum atomic E-state index is 4.87. The highest BCUT2D eigenvalue weighted by Crippen LogP contribution is 2.27. The van der Waals surface area contributed by atoms with Crippen molar-refractivity contribution in [2.75, 3.05) is 19.6 Å². The second-order valence-corrected chi connectivity index (χ2v) is 6.84. The molecule has 0 N–H and O–H groups in total. The summed E-state index contributed by atoms with van der Waals surface area (Å²) < 4.78 is 2.24. The lowest BCUT2D eigenvalue weighted by Crippen LogP contribution is -2.20. The van der Waals surface area contributed by atoms with E-state index < -0.39 is 0 Å². The quantitative estimate of drug-likeness (QED) is 0.741. The molecule has 4 heterocycles. The first-order chi connectivity index (χ1) is 10.8.